The number of thioether (sulfide) groups is 1. The maximum atomic E-state index is 13.2. The molecule has 0 spiro atoms. The van der Waals surface area contributed by atoms with E-state index in [1.807, 2.05) is 66.1 Å². The Morgan fingerprint density at radius 1 is 1.09 bits per heavy atom. The Morgan fingerprint density at radius 2 is 1.80 bits per heavy atom. The maximum Gasteiger partial charge on any atom is 0.238 e. The van der Waals surface area contributed by atoms with Gasteiger partial charge in [-0.2, -0.15) is 0 Å². The quantitative estimate of drug-likeness (QED) is 0.300. The Bertz CT molecular complexity index is 1450. The van der Waals surface area contributed by atoms with Gasteiger partial charge in [-0.25, -0.2) is 18.5 Å². The van der Waals surface area contributed by atoms with Gasteiger partial charge in [-0.15, -0.1) is 0 Å². The number of hydrogen-bond acceptors (Lipinski definition) is 5. The van der Waals surface area contributed by atoms with E-state index >= 15 is 0 Å². The molecule has 1 atom stereocenters. The molecule has 0 aliphatic carbocycles. The summed E-state index contributed by atoms with van der Waals surface area (Å²) in [6, 6.07) is 22.3. The summed E-state index contributed by atoms with van der Waals surface area (Å²) in [6.45, 7) is 4.66. The number of benzene rings is 3. The van der Waals surface area contributed by atoms with Crippen molar-refractivity contribution in [2.75, 3.05) is 5.32 Å². The van der Waals surface area contributed by atoms with Crippen molar-refractivity contribution in [3.05, 3.63) is 72.8 Å². The van der Waals surface area contributed by atoms with Crippen molar-refractivity contribution >= 4 is 44.4 Å². The van der Waals surface area contributed by atoms with E-state index in [0.717, 1.165) is 41.7 Å². The zero-order valence-electron chi connectivity index (χ0n) is 19.6. The van der Waals surface area contributed by atoms with E-state index in [4.69, 9.17) is 5.14 Å². The van der Waals surface area contributed by atoms with Gasteiger partial charge < -0.3 is 9.88 Å². The second kappa shape index (κ2) is 10.6. The number of aryl methyl sites for hydroxylation is 1. The van der Waals surface area contributed by atoms with Crippen LogP contribution in [0.25, 0.3) is 22.2 Å². The number of sulfonamides is 1. The van der Waals surface area contributed by atoms with Crippen LogP contribution in [0.2, 0.25) is 0 Å². The molecule has 0 saturated carbocycles. The van der Waals surface area contributed by atoms with Crippen LogP contribution in [0, 0.1) is 0 Å². The molecule has 35 heavy (non-hydrogen) atoms. The van der Waals surface area contributed by atoms with Crippen LogP contribution in [0.15, 0.2) is 82.8 Å². The maximum absolute atomic E-state index is 13.2. The number of nitrogens with one attached hydrogen (secondary N) is 1. The summed E-state index contributed by atoms with van der Waals surface area (Å²) in [4.78, 5) is 17.8. The molecule has 0 aliphatic heterocycles. The number of unbranched alkanes of at least 4 members (excludes halogenated alkanes) is 1. The third-order valence-electron chi connectivity index (χ3n) is 5.67. The first-order chi connectivity index (χ1) is 16.8. The number of aromatic nitrogens is 2. The molecule has 1 amide bonds. The normalized spacial score (nSPS) is 12.5. The number of fused-ring (bicyclic) bond motifs is 1. The smallest absolute Gasteiger partial charge is 0.238 e. The topological polar surface area (TPSA) is 107 Å². The molecule has 0 bridgehead atoms. The minimum absolute atomic E-state index is 0.0185. The average molecular weight is 509 g/mol. The van der Waals surface area contributed by atoms with Gasteiger partial charge in [-0.3, -0.25) is 4.79 Å². The van der Waals surface area contributed by atoms with Crippen LogP contribution < -0.4 is 10.5 Å². The molecule has 0 radical (unpaired) electrons. The van der Waals surface area contributed by atoms with Gasteiger partial charge in [0.1, 0.15) is 0 Å². The lowest BCUT2D eigenvalue weighted by Crippen LogP contribution is -2.23. The number of anilines is 1. The van der Waals surface area contributed by atoms with Crippen molar-refractivity contribution < 1.29 is 13.2 Å². The van der Waals surface area contributed by atoms with Gasteiger partial charge in [0.25, 0.3) is 0 Å². The molecule has 9 heteroatoms. The summed E-state index contributed by atoms with van der Waals surface area (Å²) >= 11 is 1.35. The molecule has 0 fully saturated rings. The summed E-state index contributed by atoms with van der Waals surface area (Å²) in [6.07, 6.45) is 1.92. The number of imidazole rings is 1. The lowest BCUT2D eigenvalue weighted by Gasteiger charge is -2.15. The number of carbonyl (C=O) groups excluding carboxylic acids is 1. The van der Waals surface area contributed by atoms with Crippen LogP contribution >= 0.6 is 11.8 Å². The van der Waals surface area contributed by atoms with Crippen molar-refractivity contribution in [3.8, 4) is 11.1 Å². The molecule has 182 valence electrons. The molecule has 4 rings (SSSR count). The highest BCUT2D eigenvalue weighted by Gasteiger charge is 2.21. The van der Waals surface area contributed by atoms with Crippen LogP contribution in [0.4, 0.5) is 5.69 Å². The zero-order valence-corrected chi connectivity index (χ0v) is 21.3. The van der Waals surface area contributed by atoms with Gasteiger partial charge in [0, 0.05) is 17.8 Å². The van der Waals surface area contributed by atoms with E-state index in [2.05, 4.69) is 17.2 Å². The number of hydrogen-bond donors (Lipinski definition) is 2. The first-order valence-electron chi connectivity index (χ1n) is 11.4. The second-order valence-corrected chi connectivity index (χ2v) is 11.1. The summed E-state index contributed by atoms with van der Waals surface area (Å²) in [5, 5.41) is 8.59. The van der Waals surface area contributed by atoms with E-state index in [0.29, 0.717) is 10.7 Å². The number of carbonyl (C=O) groups is 1. The van der Waals surface area contributed by atoms with Crippen LogP contribution in [0.3, 0.4) is 0 Å². The zero-order chi connectivity index (χ0) is 25.0. The number of rotatable bonds is 9. The molecular weight excluding hydrogens is 480 g/mol. The van der Waals surface area contributed by atoms with E-state index in [-0.39, 0.29) is 10.8 Å². The standard InChI is InChI=1S/C26H28N4O3S2/c1-3-4-16-30-24-15-14-20(35(27,32)33)17-23(24)29-26(30)34-18(2)25(31)28-22-13-9-8-12-21(22)19-10-6-5-7-11-19/h5-15,17-18H,3-4,16H2,1-2H3,(H,28,31)(H2,27,32,33)/t18-/m0/s1. The van der Waals surface area contributed by atoms with Gasteiger partial charge in [-0.1, -0.05) is 73.6 Å². The average Bonchev–Trinajstić information content (AvgIpc) is 3.19. The Hall–Kier alpha value is -3.14. The second-order valence-electron chi connectivity index (χ2n) is 8.26. The Kier molecular flexibility index (Phi) is 7.59. The fourth-order valence-electron chi connectivity index (χ4n) is 3.79. The first kappa shape index (κ1) is 25.0. The minimum Gasteiger partial charge on any atom is -0.325 e. The van der Waals surface area contributed by atoms with Gasteiger partial charge in [-0.05, 0) is 43.2 Å². The number of para-hydroxylation sites is 1. The summed E-state index contributed by atoms with van der Waals surface area (Å²) in [5.74, 6) is -0.141. The van der Waals surface area contributed by atoms with E-state index < -0.39 is 15.3 Å². The molecule has 0 aliphatic rings. The Labute approximate surface area is 209 Å². The van der Waals surface area contributed by atoms with Crippen LogP contribution in [-0.4, -0.2) is 29.1 Å². The summed E-state index contributed by atoms with van der Waals surface area (Å²) in [7, 11) is -3.83. The fourth-order valence-corrected chi connectivity index (χ4v) is 5.28. The molecule has 7 nitrogen and oxygen atoms in total. The number of primary sulfonamides is 1. The van der Waals surface area contributed by atoms with Gasteiger partial charge in [0.05, 0.1) is 21.2 Å². The Morgan fingerprint density at radius 3 is 2.51 bits per heavy atom. The predicted octanol–water partition coefficient (Wildman–Crippen LogP) is 5.27. The van der Waals surface area contributed by atoms with E-state index in [1.165, 1.54) is 23.9 Å². The van der Waals surface area contributed by atoms with Crippen molar-refractivity contribution in [3.63, 3.8) is 0 Å². The summed E-state index contributed by atoms with van der Waals surface area (Å²) < 4.78 is 25.6. The van der Waals surface area contributed by atoms with Gasteiger partial charge in [0.2, 0.25) is 15.9 Å². The molecule has 4 aromatic rings. The summed E-state index contributed by atoms with van der Waals surface area (Å²) in [5.41, 5.74) is 4.07. The number of nitrogens with zero attached hydrogens (tertiary/aromatic N) is 2. The molecule has 1 aromatic heterocycles. The third kappa shape index (κ3) is 5.75. The van der Waals surface area contributed by atoms with Crippen LogP contribution in [0.5, 0.6) is 0 Å². The van der Waals surface area contributed by atoms with Crippen LogP contribution in [0.1, 0.15) is 26.7 Å². The lowest BCUT2D eigenvalue weighted by atomic mass is 10.0. The predicted molar refractivity (Wildman–Crippen MR) is 142 cm³/mol. The monoisotopic (exact) mass is 508 g/mol. The highest BCUT2D eigenvalue weighted by atomic mass is 32.2. The van der Waals surface area contributed by atoms with Gasteiger partial charge in [0.15, 0.2) is 5.16 Å². The number of amides is 1. The molecule has 3 aromatic carbocycles. The highest BCUT2D eigenvalue weighted by Crippen LogP contribution is 2.31. The SMILES string of the molecule is CCCCn1c(S[C@@H](C)C(=O)Nc2ccccc2-c2ccccc2)nc2cc(S(N)(=O)=O)ccc21. The van der Waals surface area contributed by atoms with Crippen molar-refractivity contribution in [2.24, 2.45) is 5.14 Å². The molecular formula is C26H28N4O3S2. The van der Waals surface area contributed by atoms with Crippen molar-refractivity contribution in [1.29, 1.82) is 0 Å². The minimum atomic E-state index is -3.83. The third-order valence-corrected chi connectivity index (χ3v) is 7.67. The molecule has 0 saturated heterocycles. The lowest BCUT2D eigenvalue weighted by molar-refractivity contribution is -0.115. The molecule has 1 heterocycles. The van der Waals surface area contributed by atoms with Gasteiger partial charge >= 0.3 is 0 Å². The van der Waals surface area contributed by atoms with Crippen LogP contribution in [-0.2, 0) is 21.4 Å². The molecule has 0 unspecified atom stereocenters. The van der Waals surface area contributed by atoms with Crippen molar-refractivity contribution in [2.45, 2.75) is 48.5 Å². The number of nitrogens with two attached hydrogens (primary N) is 1. The van der Waals surface area contributed by atoms with Crippen molar-refractivity contribution in [1.82, 2.24) is 9.55 Å². The molecule has 3 N–H and O–H groups in total. The first-order valence-corrected chi connectivity index (χ1v) is 13.9. The van der Waals surface area contributed by atoms with E-state index in [9.17, 15) is 13.2 Å². The largest absolute Gasteiger partial charge is 0.325 e. The van der Waals surface area contributed by atoms with E-state index in [1.54, 1.807) is 6.07 Å². The highest BCUT2D eigenvalue weighted by molar-refractivity contribution is 8.00. The Balaban J connectivity index is 1.60. The fraction of sp³-hybridized carbons (Fsp3) is 0.231.